The minimum atomic E-state index is -3.15. The summed E-state index contributed by atoms with van der Waals surface area (Å²) in [7, 11) is -2.15. The number of rotatable bonds is 5. The zero-order valence-corrected chi connectivity index (χ0v) is 11.7. The zero-order chi connectivity index (χ0) is 11.3. The van der Waals surface area contributed by atoms with Crippen molar-refractivity contribution in [3.8, 4) is 0 Å². The summed E-state index contributed by atoms with van der Waals surface area (Å²) in [5.74, 6) is 0.626. The summed E-state index contributed by atoms with van der Waals surface area (Å²) in [4.78, 5) is 0.396. The third-order valence-corrected chi connectivity index (χ3v) is 6.01. The molecule has 15 heavy (non-hydrogen) atoms. The first kappa shape index (κ1) is 13.1. The van der Waals surface area contributed by atoms with Gasteiger partial charge in [-0.2, -0.15) is 0 Å². The van der Waals surface area contributed by atoms with Gasteiger partial charge in [0.25, 0.3) is 0 Å². The van der Waals surface area contributed by atoms with E-state index in [1.165, 1.54) is 0 Å². The minimum absolute atomic E-state index is 0.396. The molecule has 0 radical (unpaired) electrons. The first-order chi connectivity index (χ1) is 7.06. The molecule has 0 fully saturated rings. The number of hydrogen-bond donors (Lipinski definition) is 0. The Morgan fingerprint density at radius 3 is 2.40 bits per heavy atom. The van der Waals surface area contributed by atoms with Gasteiger partial charge >= 0.3 is 0 Å². The predicted molar refractivity (Wildman–Crippen MR) is 69.2 cm³/mol. The summed E-state index contributed by atoms with van der Waals surface area (Å²) < 4.78 is 23.5. The fourth-order valence-electron chi connectivity index (χ4n) is 0.996. The van der Waals surface area contributed by atoms with Gasteiger partial charge in [0.05, 0.1) is 4.90 Å². The van der Waals surface area contributed by atoms with Crippen molar-refractivity contribution in [1.29, 1.82) is 0 Å². The second-order valence-corrected chi connectivity index (χ2v) is 7.97. The number of benzene rings is 1. The number of halogens is 1. The fraction of sp³-hybridized carbons (Fsp3) is 0.400. The van der Waals surface area contributed by atoms with Crippen LogP contribution in [0.5, 0.6) is 0 Å². The van der Waals surface area contributed by atoms with Gasteiger partial charge in [-0.1, -0.05) is 33.6 Å². The highest BCUT2D eigenvalue weighted by Crippen LogP contribution is 2.24. The van der Waals surface area contributed by atoms with E-state index in [9.17, 15) is 8.42 Å². The van der Waals surface area contributed by atoms with E-state index in [0.717, 1.165) is 28.1 Å². The average molecular weight is 309 g/mol. The third-order valence-electron chi connectivity index (χ3n) is 1.83. The summed E-state index contributed by atoms with van der Waals surface area (Å²) in [6.07, 6.45) is 0.857. The molecule has 84 valence electrons. The van der Waals surface area contributed by atoms with Crippen LogP contribution >= 0.6 is 26.7 Å². The Bertz CT molecular complexity index is 398. The van der Waals surface area contributed by atoms with E-state index in [2.05, 4.69) is 15.9 Å². The SMILES string of the molecule is Cc1ccc(S(=O)(=O)SCCCBr)cc1. The first-order valence-corrected chi connectivity index (χ1v) is 8.69. The molecule has 0 aliphatic carbocycles. The van der Waals surface area contributed by atoms with Gasteiger partial charge in [0.1, 0.15) is 0 Å². The lowest BCUT2D eigenvalue weighted by atomic mass is 10.2. The van der Waals surface area contributed by atoms with Gasteiger partial charge in [-0.05, 0) is 36.3 Å². The molecule has 1 rings (SSSR count). The highest BCUT2D eigenvalue weighted by molar-refractivity contribution is 9.09. The van der Waals surface area contributed by atoms with Gasteiger partial charge < -0.3 is 0 Å². The molecule has 1 aromatic rings. The van der Waals surface area contributed by atoms with Crippen molar-refractivity contribution >= 4 is 35.6 Å². The number of hydrogen-bond acceptors (Lipinski definition) is 3. The molecule has 0 heterocycles. The molecule has 1 aromatic carbocycles. The van der Waals surface area contributed by atoms with Crippen molar-refractivity contribution in [2.45, 2.75) is 18.2 Å². The highest BCUT2D eigenvalue weighted by atomic mass is 79.9. The summed E-state index contributed by atoms with van der Waals surface area (Å²) >= 11 is 3.27. The average Bonchev–Trinajstić information content (AvgIpc) is 2.18. The van der Waals surface area contributed by atoms with Crippen LogP contribution in [0.3, 0.4) is 0 Å². The normalized spacial score (nSPS) is 11.6. The molecule has 5 heteroatoms. The van der Waals surface area contributed by atoms with Gasteiger partial charge in [-0.3, -0.25) is 0 Å². The van der Waals surface area contributed by atoms with E-state index < -0.39 is 8.87 Å². The van der Waals surface area contributed by atoms with E-state index in [4.69, 9.17) is 0 Å². The van der Waals surface area contributed by atoms with Gasteiger partial charge in [-0.15, -0.1) is 0 Å². The molecule has 0 aliphatic rings. The van der Waals surface area contributed by atoms with Crippen molar-refractivity contribution in [1.82, 2.24) is 0 Å². The van der Waals surface area contributed by atoms with E-state index >= 15 is 0 Å². The minimum Gasteiger partial charge on any atom is -0.212 e. The Balaban J connectivity index is 2.73. The van der Waals surface area contributed by atoms with E-state index in [1.54, 1.807) is 12.1 Å². The number of aryl methyl sites for hydroxylation is 1. The van der Waals surface area contributed by atoms with Gasteiger partial charge in [0.15, 0.2) is 0 Å². The van der Waals surface area contributed by atoms with Crippen LogP contribution in [0.4, 0.5) is 0 Å². The maximum absolute atomic E-state index is 11.8. The summed E-state index contributed by atoms with van der Waals surface area (Å²) in [5.41, 5.74) is 1.07. The molecule has 0 unspecified atom stereocenters. The molecule has 0 spiro atoms. The van der Waals surface area contributed by atoms with E-state index in [-0.39, 0.29) is 0 Å². The molecule has 0 bridgehead atoms. The van der Waals surface area contributed by atoms with Crippen molar-refractivity contribution < 1.29 is 8.42 Å². The second kappa shape index (κ2) is 5.92. The standard InChI is InChI=1S/C10H13BrO2S2/c1-9-3-5-10(6-4-9)15(12,13)14-8-2-7-11/h3-6H,2,7-8H2,1H3. The largest absolute Gasteiger partial charge is 0.229 e. The lowest BCUT2D eigenvalue weighted by molar-refractivity contribution is 0.610. The maximum Gasteiger partial charge on any atom is 0.229 e. The molecule has 0 atom stereocenters. The number of alkyl halides is 1. The lowest BCUT2D eigenvalue weighted by Gasteiger charge is -2.03. The molecule has 0 aliphatic heterocycles. The summed E-state index contributed by atoms with van der Waals surface area (Å²) in [6.45, 7) is 1.94. The van der Waals surface area contributed by atoms with Crippen LogP contribution in [0.1, 0.15) is 12.0 Å². The maximum atomic E-state index is 11.8. The van der Waals surface area contributed by atoms with Crippen LogP contribution < -0.4 is 0 Å². The zero-order valence-electron chi connectivity index (χ0n) is 8.44. The smallest absolute Gasteiger partial charge is 0.212 e. The molecule has 0 aromatic heterocycles. The van der Waals surface area contributed by atoms with E-state index in [1.807, 2.05) is 19.1 Å². The molecule has 2 nitrogen and oxygen atoms in total. The van der Waals surface area contributed by atoms with Crippen molar-refractivity contribution in [3.63, 3.8) is 0 Å². The second-order valence-electron chi connectivity index (χ2n) is 3.13. The molecule has 0 saturated carbocycles. The van der Waals surface area contributed by atoms with Gasteiger partial charge in [0.2, 0.25) is 8.87 Å². The van der Waals surface area contributed by atoms with Crippen LogP contribution in [0, 0.1) is 6.92 Å². The van der Waals surface area contributed by atoms with Crippen LogP contribution in [0.25, 0.3) is 0 Å². The monoisotopic (exact) mass is 308 g/mol. The van der Waals surface area contributed by atoms with Crippen LogP contribution in [-0.2, 0) is 8.87 Å². The predicted octanol–water partition coefficient (Wildman–Crippen LogP) is 3.20. The van der Waals surface area contributed by atoms with Gasteiger partial charge in [-0.25, -0.2) is 8.42 Å². The molecule has 0 saturated heterocycles. The summed E-state index contributed by atoms with van der Waals surface area (Å²) in [5, 5.41) is 0.837. The van der Waals surface area contributed by atoms with Gasteiger partial charge in [0, 0.05) is 11.1 Å². The highest BCUT2D eigenvalue weighted by Gasteiger charge is 2.13. The van der Waals surface area contributed by atoms with Crippen LogP contribution in [-0.4, -0.2) is 19.5 Å². The van der Waals surface area contributed by atoms with Crippen LogP contribution in [0.15, 0.2) is 29.2 Å². The van der Waals surface area contributed by atoms with E-state index in [0.29, 0.717) is 10.6 Å². The summed E-state index contributed by atoms with van der Waals surface area (Å²) in [6, 6.07) is 6.95. The first-order valence-electron chi connectivity index (χ1n) is 4.58. The van der Waals surface area contributed by atoms with Crippen LogP contribution in [0.2, 0.25) is 0 Å². The van der Waals surface area contributed by atoms with Crippen molar-refractivity contribution in [2.24, 2.45) is 0 Å². The Labute approximate surface area is 103 Å². The Morgan fingerprint density at radius 2 is 1.87 bits per heavy atom. The molecule has 0 N–H and O–H groups in total. The Kier molecular flexibility index (Phi) is 5.15. The lowest BCUT2D eigenvalue weighted by Crippen LogP contribution is -1.97. The fourth-order valence-corrected chi connectivity index (χ4v) is 4.49. The van der Waals surface area contributed by atoms with Crippen molar-refractivity contribution in [2.75, 3.05) is 11.1 Å². The third kappa shape index (κ3) is 4.17. The van der Waals surface area contributed by atoms with Crippen molar-refractivity contribution in [3.05, 3.63) is 29.8 Å². The Hall–Kier alpha value is -0.000000000000000111. The molecular weight excluding hydrogens is 296 g/mol. The topological polar surface area (TPSA) is 34.1 Å². The molecular formula is C10H13BrO2S2. The molecule has 0 amide bonds. The Morgan fingerprint density at radius 1 is 1.27 bits per heavy atom. The quantitative estimate of drug-likeness (QED) is 0.476.